The summed E-state index contributed by atoms with van der Waals surface area (Å²) in [5.74, 6) is -0.329. The van der Waals surface area contributed by atoms with E-state index in [9.17, 15) is 4.79 Å². The van der Waals surface area contributed by atoms with Crippen LogP contribution in [0.5, 0.6) is 0 Å². The molecule has 5 heteroatoms. The van der Waals surface area contributed by atoms with Gasteiger partial charge < -0.3 is 4.74 Å². The standard InChI is InChI=1S/C13H17N3O2/c1-5-18-12(17)9-6-7-11-10(8-9)14-15-16(11)13(2,3)4/h6-8H,5H2,1-4H3. The van der Waals surface area contributed by atoms with Crippen LogP contribution in [-0.2, 0) is 10.3 Å². The molecule has 0 saturated carbocycles. The molecule has 18 heavy (non-hydrogen) atoms. The van der Waals surface area contributed by atoms with E-state index in [0.29, 0.717) is 17.7 Å². The van der Waals surface area contributed by atoms with Crippen molar-refractivity contribution in [2.24, 2.45) is 0 Å². The second-order valence-electron chi connectivity index (χ2n) is 5.10. The lowest BCUT2D eigenvalue weighted by Crippen LogP contribution is -2.23. The van der Waals surface area contributed by atoms with Gasteiger partial charge in [0, 0.05) is 0 Å². The zero-order chi connectivity index (χ0) is 13.3. The molecule has 0 aliphatic carbocycles. The SMILES string of the molecule is CCOC(=O)c1ccc2c(c1)nnn2C(C)(C)C. The molecule has 0 saturated heterocycles. The number of fused-ring (bicyclic) bond motifs is 1. The molecule has 0 fully saturated rings. The second kappa shape index (κ2) is 4.40. The van der Waals surface area contributed by atoms with E-state index in [2.05, 4.69) is 31.1 Å². The molecule has 0 aliphatic heterocycles. The third-order valence-corrected chi connectivity index (χ3v) is 2.59. The van der Waals surface area contributed by atoms with E-state index in [4.69, 9.17) is 4.74 Å². The Balaban J connectivity index is 2.46. The van der Waals surface area contributed by atoms with Crippen LogP contribution >= 0.6 is 0 Å². The number of ether oxygens (including phenoxy) is 1. The number of carbonyl (C=O) groups excluding carboxylic acids is 1. The summed E-state index contributed by atoms with van der Waals surface area (Å²) in [5, 5.41) is 8.22. The van der Waals surface area contributed by atoms with E-state index in [-0.39, 0.29) is 11.5 Å². The fourth-order valence-electron chi connectivity index (χ4n) is 1.76. The lowest BCUT2D eigenvalue weighted by Gasteiger charge is -2.19. The molecule has 1 heterocycles. The van der Waals surface area contributed by atoms with Crippen molar-refractivity contribution < 1.29 is 9.53 Å². The minimum absolute atomic E-state index is 0.139. The highest BCUT2D eigenvalue weighted by atomic mass is 16.5. The van der Waals surface area contributed by atoms with Crippen LogP contribution in [0.1, 0.15) is 38.1 Å². The molecule has 2 aromatic rings. The van der Waals surface area contributed by atoms with Crippen LogP contribution < -0.4 is 0 Å². The molecule has 96 valence electrons. The van der Waals surface area contributed by atoms with Crippen LogP contribution in [-0.4, -0.2) is 27.6 Å². The number of hydrogen-bond acceptors (Lipinski definition) is 4. The minimum atomic E-state index is -0.329. The fraction of sp³-hybridized carbons (Fsp3) is 0.462. The molecule has 0 N–H and O–H groups in total. The average molecular weight is 247 g/mol. The minimum Gasteiger partial charge on any atom is -0.462 e. The number of benzene rings is 1. The molecule has 0 amide bonds. The molecule has 5 nitrogen and oxygen atoms in total. The van der Waals surface area contributed by atoms with E-state index in [0.717, 1.165) is 5.52 Å². The molecule has 0 bridgehead atoms. The summed E-state index contributed by atoms with van der Waals surface area (Å²) in [6.45, 7) is 8.32. The zero-order valence-corrected chi connectivity index (χ0v) is 11.1. The fourth-order valence-corrected chi connectivity index (χ4v) is 1.76. The Kier molecular flexibility index (Phi) is 3.07. The van der Waals surface area contributed by atoms with Gasteiger partial charge in [-0.15, -0.1) is 5.10 Å². The maximum Gasteiger partial charge on any atom is 0.338 e. The van der Waals surface area contributed by atoms with E-state index < -0.39 is 0 Å². The quantitative estimate of drug-likeness (QED) is 0.764. The molecular weight excluding hydrogens is 230 g/mol. The topological polar surface area (TPSA) is 57.0 Å². The largest absolute Gasteiger partial charge is 0.462 e. The molecule has 0 spiro atoms. The molecule has 0 atom stereocenters. The molecule has 0 radical (unpaired) electrons. The first-order valence-corrected chi connectivity index (χ1v) is 5.96. The second-order valence-corrected chi connectivity index (χ2v) is 5.10. The first-order valence-electron chi connectivity index (χ1n) is 5.96. The predicted octanol–water partition coefficient (Wildman–Crippen LogP) is 2.36. The Labute approximate surface area is 106 Å². The van der Waals surface area contributed by atoms with Crippen LogP contribution in [0.4, 0.5) is 0 Å². The van der Waals surface area contributed by atoms with Crippen molar-refractivity contribution in [3.05, 3.63) is 23.8 Å². The smallest absolute Gasteiger partial charge is 0.338 e. The van der Waals surface area contributed by atoms with Gasteiger partial charge >= 0.3 is 5.97 Å². The number of esters is 1. The molecule has 1 aromatic heterocycles. The third-order valence-electron chi connectivity index (χ3n) is 2.59. The highest BCUT2D eigenvalue weighted by Gasteiger charge is 2.18. The van der Waals surface area contributed by atoms with E-state index in [1.54, 1.807) is 19.1 Å². The summed E-state index contributed by atoms with van der Waals surface area (Å²) in [5.41, 5.74) is 1.98. The summed E-state index contributed by atoms with van der Waals surface area (Å²) in [6.07, 6.45) is 0. The Morgan fingerprint density at radius 3 is 2.72 bits per heavy atom. The monoisotopic (exact) mass is 247 g/mol. The van der Waals surface area contributed by atoms with Gasteiger partial charge in [-0.1, -0.05) is 5.21 Å². The van der Waals surface area contributed by atoms with Crippen molar-refractivity contribution in [3.63, 3.8) is 0 Å². The Morgan fingerprint density at radius 2 is 2.11 bits per heavy atom. The van der Waals surface area contributed by atoms with Crippen LogP contribution in [0.15, 0.2) is 18.2 Å². The van der Waals surface area contributed by atoms with Gasteiger partial charge in [0.05, 0.1) is 23.2 Å². The van der Waals surface area contributed by atoms with Gasteiger partial charge in [0.1, 0.15) is 5.52 Å². The van der Waals surface area contributed by atoms with Gasteiger partial charge in [0.25, 0.3) is 0 Å². The number of aromatic nitrogens is 3. The van der Waals surface area contributed by atoms with Gasteiger partial charge in [0.15, 0.2) is 0 Å². The molecule has 0 unspecified atom stereocenters. The van der Waals surface area contributed by atoms with Crippen molar-refractivity contribution >= 4 is 17.0 Å². The summed E-state index contributed by atoms with van der Waals surface area (Å²) < 4.78 is 6.80. The number of carbonyl (C=O) groups is 1. The van der Waals surface area contributed by atoms with Gasteiger partial charge in [-0.2, -0.15) is 0 Å². The normalized spacial score (nSPS) is 11.8. The van der Waals surface area contributed by atoms with Crippen molar-refractivity contribution in [1.82, 2.24) is 15.0 Å². The maximum atomic E-state index is 11.6. The maximum absolute atomic E-state index is 11.6. The number of nitrogens with zero attached hydrogens (tertiary/aromatic N) is 3. The van der Waals surface area contributed by atoms with Crippen LogP contribution in [0.2, 0.25) is 0 Å². The number of hydrogen-bond donors (Lipinski definition) is 0. The number of rotatable bonds is 2. The van der Waals surface area contributed by atoms with Crippen LogP contribution in [0, 0.1) is 0 Å². The Hall–Kier alpha value is -1.91. The van der Waals surface area contributed by atoms with Gasteiger partial charge in [-0.25, -0.2) is 9.48 Å². The third kappa shape index (κ3) is 2.20. The van der Waals surface area contributed by atoms with E-state index in [1.807, 2.05) is 10.7 Å². The highest BCUT2D eigenvalue weighted by molar-refractivity contribution is 5.93. The van der Waals surface area contributed by atoms with Gasteiger partial charge in [0.2, 0.25) is 0 Å². The molecular formula is C13H17N3O2. The predicted molar refractivity (Wildman–Crippen MR) is 68.5 cm³/mol. The van der Waals surface area contributed by atoms with Gasteiger partial charge in [-0.05, 0) is 45.9 Å². The van der Waals surface area contributed by atoms with E-state index in [1.165, 1.54) is 0 Å². The highest BCUT2D eigenvalue weighted by Crippen LogP contribution is 2.21. The Morgan fingerprint density at radius 1 is 1.39 bits per heavy atom. The Bertz CT molecular complexity index is 581. The summed E-state index contributed by atoms with van der Waals surface area (Å²) in [6, 6.07) is 5.31. The summed E-state index contributed by atoms with van der Waals surface area (Å²) in [4.78, 5) is 11.6. The van der Waals surface area contributed by atoms with Crippen molar-refractivity contribution in [3.8, 4) is 0 Å². The lowest BCUT2D eigenvalue weighted by molar-refractivity contribution is 0.0526. The van der Waals surface area contributed by atoms with Gasteiger partial charge in [-0.3, -0.25) is 0 Å². The average Bonchev–Trinajstić information content (AvgIpc) is 2.71. The first-order chi connectivity index (χ1) is 8.43. The molecule has 2 rings (SSSR count). The summed E-state index contributed by atoms with van der Waals surface area (Å²) in [7, 11) is 0. The molecule has 0 aliphatic rings. The molecule has 1 aromatic carbocycles. The van der Waals surface area contributed by atoms with Crippen molar-refractivity contribution in [2.75, 3.05) is 6.61 Å². The van der Waals surface area contributed by atoms with Crippen molar-refractivity contribution in [1.29, 1.82) is 0 Å². The lowest BCUT2D eigenvalue weighted by atomic mass is 10.1. The van der Waals surface area contributed by atoms with Crippen molar-refractivity contribution in [2.45, 2.75) is 33.2 Å². The zero-order valence-electron chi connectivity index (χ0n) is 11.1. The summed E-state index contributed by atoms with van der Waals surface area (Å²) >= 11 is 0. The van der Waals surface area contributed by atoms with Crippen LogP contribution in [0.25, 0.3) is 11.0 Å². The van der Waals surface area contributed by atoms with Crippen LogP contribution in [0.3, 0.4) is 0 Å². The van der Waals surface area contributed by atoms with E-state index >= 15 is 0 Å². The first kappa shape index (κ1) is 12.5.